The van der Waals surface area contributed by atoms with E-state index in [1.165, 1.54) is 0 Å². The molecule has 0 saturated carbocycles. The maximum atomic E-state index is 11.8. The number of hydrogen-bond acceptors (Lipinski definition) is 3. The molecule has 0 bridgehead atoms. The van der Waals surface area contributed by atoms with E-state index >= 15 is 0 Å². The fourth-order valence-corrected chi connectivity index (χ4v) is 1.96. The highest BCUT2D eigenvalue weighted by Gasteiger charge is 2.14. The van der Waals surface area contributed by atoms with Crippen LogP contribution in [0.3, 0.4) is 0 Å². The Bertz CT molecular complexity index is 636. The minimum atomic E-state index is -0.412. The number of aryl methyl sites for hydroxylation is 1. The molecule has 0 spiro atoms. The van der Waals surface area contributed by atoms with Crippen LogP contribution in [0.2, 0.25) is 0 Å². The van der Waals surface area contributed by atoms with Crippen LogP contribution in [-0.4, -0.2) is 12.6 Å². The predicted molar refractivity (Wildman–Crippen MR) is 87.5 cm³/mol. The molecule has 3 heteroatoms. The average molecular weight is 298 g/mol. The fourth-order valence-electron chi connectivity index (χ4n) is 1.96. The van der Waals surface area contributed by atoms with Gasteiger partial charge in [-0.2, -0.15) is 0 Å². The maximum absolute atomic E-state index is 11.8. The minimum Gasteiger partial charge on any atom is -0.482 e. The number of esters is 1. The molecule has 3 nitrogen and oxygen atoms in total. The second-order valence-electron chi connectivity index (χ2n) is 6.35. The predicted octanol–water partition coefficient (Wildman–Crippen LogP) is 4.28. The van der Waals surface area contributed by atoms with Gasteiger partial charge in [0.1, 0.15) is 11.5 Å². The highest BCUT2D eigenvalue weighted by atomic mass is 16.6. The van der Waals surface area contributed by atoms with Crippen LogP contribution in [0.4, 0.5) is 0 Å². The van der Waals surface area contributed by atoms with E-state index in [4.69, 9.17) is 9.47 Å². The van der Waals surface area contributed by atoms with Crippen molar-refractivity contribution in [3.63, 3.8) is 0 Å². The molecule has 0 aliphatic carbocycles. The summed E-state index contributed by atoms with van der Waals surface area (Å²) in [6.07, 6.45) is 0. The van der Waals surface area contributed by atoms with Gasteiger partial charge in [0.15, 0.2) is 6.61 Å². The van der Waals surface area contributed by atoms with Crippen molar-refractivity contribution < 1.29 is 14.3 Å². The van der Waals surface area contributed by atoms with Crippen molar-refractivity contribution in [2.24, 2.45) is 0 Å². The molecular formula is C19H22O3. The highest BCUT2D eigenvalue weighted by molar-refractivity contribution is 5.73. The molecule has 0 amide bonds. The van der Waals surface area contributed by atoms with Crippen LogP contribution in [0.1, 0.15) is 31.9 Å². The van der Waals surface area contributed by atoms with Gasteiger partial charge in [0, 0.05) is 0 Å². The van der Waals surface area contributed by atoms with Crippen LogP contribution in [0.25, 0.3) is 0 Å². The Hall–Kier alpha value is -2.29. The van der Waals surface area contributed by atoms with Gasteiger partial charge in [-0.25, -0.2) is 4.79 Å². The molecule has 0 saturated heterocycles. The van der Waals surface area contributed by atoms with Gasteiger partial charge in [-0.15, -0.1) is 0 Å². The zero-order valence-corrected chi connectivity index (χ0v) is 13.6. The van der Waals surface area contributed by atoms with E-state index in [0.29, 0.717) is 11.5 Å². The minimum absolute atomic E-state index is 0.0434. The lowest BCUT2D eigenvalue weighted by molar-refractivity contribution is -0.136. The molecule has 0 fully saturated rings. The molecule has 0 aromatic heterocycles. The quantitative estimate of drug-likeness (QED) is 0.624. The molecular weight excluding hydrogens is 276 g/mol. The normalized spacial score (nSPS) is 11.1. The lowest BCUT2D eigenvalue weighted by Crippen LogP contribution is -2.18. The molecule has 2 aromatic rings. The van der Waals surface area contributed by atoms with Gasteiger partial charge in [0.05, 0.1) is 0 Å². The first-order valence-electron chi connectivity index (χ1n) is 7.35. The summed E-state index contributed by atoms with van der Waals surface area (Å²) in [6.45, 7) is 8.28. The Morgan fingerprint density at radius 1 is 1.00 bits per heavy atom. The fraction of sp³-hybridized carbons (Fsp3) is 0.316. The van der Waals surface area contributed by atoms with Crippen molar-refractivity contribution in [3.8, 4) is 11.5 Å². The van der Waals surface area contributed by atoms with E-state index in [0.717, 1.165) is 11.1 Å². The summed E-state index contributed by atoms with van der Waals surface area (Å²) in [4.78, 5) is 11.8. The number of carbonyl (C=O) groups is 1. The molecule has 22 heavy (non-hydrogen) atoms. The van der Waals surface area contributed by atoms with E-state index in [1.54, 1.807) is 12.1 Å². The topological polar surface area (TPSA) is 35.5 Å². The molecule has 116 valence electrons. The Morgan fingerprint density at radius 2 is 1.68 bits per heavy atom. The lowest BCUT2D eigenvalue weighted by atomic mass is 9.87. The summed E-state index contributed by atoms with van der Waals surface area (Å²) in [6, 6.07) is 15.1. The van der Waals surface area contributed by atoms with E-state index in [-0.39, 0.29) is 12.0 Å². The monoisotopic (exact) mass is 298 g/mol. The number of hydrogen-bond donors (Lipinski definition) is 0. The van der Waals surface area contributed by atoms with Crippen LogP contribution in [0.15, 0.2) is 48.5 Å². The third kappa shape index (κ3) is 4.62. The van der Waals surface area contributed by atoms with Gasteiger partial charge in [0.25, 0.3) is 0 Å². The maximum Gasteiger partial charge on any atom is 0.349 e. The molecule has 0 aliphatic rings. The Morgan fingerprint density at radius 3 is 2.32 bits per heavy atom. The Kier molecular flexibility index (Phi) is 4.86. The van der Waals surface area contributed by atoms with Gasteiger partial charge in [-0.3, -0.25) is 0 Å². The highest BCUT2D eigenvalue weighted by Crippen LogP contribution is 2.25. The smallest absolute Gasteiger partial charge is 0.349 e. The van der Waals surface area contributed by atoms with Crippen molar-refractivity contribution in [1.29, 1.82) is 0 Å². The molecule has 0 heterocycles. The largest absolute Gasteiger partial charge is 0.482 e. The van der Waals surface area contributed by atoms with Gasteiger partial charge in [-0.1, -0.05) is 50.6 Å². The summed E-state index contributed by atoms with van der Waals surface area (Å²) < 4.78 is 10.7. The summed E-state index contributed by atoms with van der Waals surface area (Å²) >= 11 is 0. The third-order valence-electron chi connectivity index (χ3n) is 3.31. The van der Waals surface area contributed by atoms with Crippen molar-refractivity contribution in [2.75, 3.05) is 6.61 Å². The average Bonchev–Trinajstić information content (AvgIpc) is 2.47. The molecule has 0 atom stereocenters. The second-order valence-corrected chi connectivity index (χ2v) is 6.35. The lowest BCUT2D eigenvalue weighted by Gasteiger charge is -2.19. The van der Waals surface area contributed by atoms with Gasteiger partial charge in [-0.05, 0) is 42.2 Å². The summed E-state index contributed by atoms with van der Waals surface area (Å²) in [5, 5.41) is 0. The first kappa shape index (κ1) is 16.1. The summed E-state index contributed by atoms with van der Waals surface area (Å²) in [5.74, 6) is 0.793. The van der Waals surface area contributed by atoms with Crippen LogP contribution < -0.4 is 9.47 Å². The zero-order chi connectivity index (χ0) is 16.2. The Balaban J connectivity index is 1.92. The number of benzene rings is 2. The van der Waals surface area contributed by atoms with Crippen LogP contribution >= 0.6 is 0 Å². The second kappa shape index (κ2) is 6.65. The van der Waals surface area contributed by atoms with Gasteiger partial charge < -0.3 is 9.47 Å². The third-order valence-corrected chi connectivity index (χ3v) is 3.31. The van der Waals surface area contributed by atoms with Crippen LogP contribution in [-0.2, 0) is 10.2 Å². The Labute approximate surface area is 131 Å². The number of ether oxygens (including phenoxy) is 2. The summed E-state index contributed by atoms with van der Waals surface area (Å²) in [5.41, 5.74) is 2.33. The molecule has 0 N–H and O–H groups in total. The first-order chi connectivity index (χ1) is 10.3. The molecule has 0 radical (unpaired) electrons. The van der Waals surface area contributed by atoms with Crippen LogP contribution in [0, 0.1) is 6.92 Å². The molecule has 0 aliphatic heterocycles. The zero-order valence-electron chi connectivity index (χ0n) is 13.6. The SMILES string of the molecule is Cc1ccc(OC(=O)COc2cccc(C(C)(C)C)c2)cc1. The van der Waals surface area contributed by atoms with Gasteiger partial charge >= 0.3 is 5.97 Å². The first-order valence-corrected chi connectivity index (χ1v) is 7.35. The van der Waals surface area contributed by atoms with Gasteiger partial charge in [0.2, 0.25) is 0 Å². The summed E-state index contributed by atoms with van der Waals surface area (Å²) in [7, 11) is 0. The van der Waals surface area contributed by atoms with E-state index in [9.17, 15) is 4.79 Å². The number of carbonyl (C=O) groups excluding carboxylic acids is 1. The van der Waals surface area contributed by atoms with E-state index < -0.39 is 5.97 Å². The molecule has 2 aromatic carbocycles. The standard InChI is InChI=1S/C19H22O3/c1-14-8-10-16(11-9-14)22-18(20)13-21-17-7-5-6-15(12-17)19(2,3)4/h5-12H,13H2,1-4H3. The van der Waals surface area contributed by atoms with E-state index in [2.05, 4.69) is 26.8 Å². The van der Waals surface area contributed by atoms with Crippen molar-refractivity contribution >= 4 is 5.97 Å². The van der Waals surface area contributed by atoms with E-state index in [1.807, 2.05) is 37.3 Å². The number of rotatable bonds is 4. The van der Waals surface area contributed by atoms with Crippen LogP contribution in [0.5, 0.6) is 11.5 Å². The van der Waals surface area contributed by atoms with Crippen molar-refractivity contribution in [1.82, 2.24) is 0 Å². The van der Waals surface area contributed by atoms with Crippen molar-refractivity contribution in [3.05, 3.63) is 59.7 Å². The van der Waals surface area contributed by atoms with Crippen molar-refractivity contribution in [2.45, 2.75) is 33.1 Å². The molecule has 0 unspecified atom stereocenters. The molecule has 2 rings (SSSR count).